The molecule has 0 bridgehead atoms. The average Bonchev–Trinajstić information content (AvgIpc) is 2.57. The Morgan fingerprint density at radius 1 is 1.08 bits per heavy atom. The highest BCUT2D eigenvalue weighted by molar-refractivity contribution is 9.10. The summed E-state index contributed by atoms with van der Waals surface area (Å²) in [6.45, 7) is 6.97. The lowest BCUT2D eigenvalue weighted by molar-refractivity contribution is 0.240. The Morgan fingerprint density at radius 3 is 2.64 bits per heavy atom. The lowest BCUT2D eigenvalue weighted by Gasteiger charge is -2.13. The van der Waals surface area contributed by atoms with Crippen LogP contribution in [0, 0.1) is 0 Å². The number of ether oxygens (including phenoxy) is 2. The van der Waals surface area contributed by atoms with E-state index in [1.165, 1.54) is 0 Å². The first-order valence-corrected chi connectivity index (χ1v) is 9.13. The SMILES string of the molecule is CCNc1ccc2nc(Oc3ccc(OC(C)C)c(Br)c3)ccc2c1. The summed E-state index contributed by atoms with van der Waals surface area (Å²) < 4.78 is 12.5. The summed E-state index contributed by atoms with van der Waals surface area (Å²) in [6.07, 6.45) is 0.123. The molecular formula is C20H21BrN2O2. The van der Waals surface area contributed by atoms with Gasteiger partial charge in [-0.1, -0.05) is 0 Å². The second kappa shape index (κ2) is 7.74. The van der Waals surface area contributed by atoms with Crippen molar-refractivity contribution in [1.29, 1.82) is 0 Å². The molecule has 4 nitrogen and oxygen atoms in total. The number of hydrogen-bond acceptors (Lipinski definition) is 4. The van der Waals surface area contributed by atoms with Crippen molar-refractivity contribution in [2.24, 2.45) is 0 Å². The van der Waals surface area contributed by atoms with Gasteiger partial charge >= 0.3 is 0 Å². The smallest absolute Gasteiger partial charge is 0.219 e. The van der Waals surface area contributed by atoms with Gasteiger partial charge in [0, 0.05) is 23.7 Å². The first-order valence-electron chi connectivity index (χ1n) is 8.34. The normalized spacial score (nSPS) is 10.9. The maximum atomic E-state index is 5.89. The Kier molecular flexibility index (Phi) is 5.43. The van der Waals surface area contributed by atoms with Gasteiger partial charge in [-0.05, 0) is 79.2 Å². The molecule has 1 aromatic heterocycles. The van der Waals surface area contributed by atoms with Gasteiger partial charge in [0.1, 0.15) is 11.5 Å². The number of anilines is 1. The fourth-order valence-corrected chi connectivity index (χ4v) is 2.94. The van der Waals surface area contributed by atoms with Crippen LogP contribution in [0.5, 0.6) is 17.4 Å². The third-order valence-corrected chi connectivity index (χ3v) is 4.15. The maximum absolute atomic E-state index is 5.89. The van der Waals surface area contributed by atoms with E-state index in [4.69, 9.17) is 9.47 Å². The monoisotopic (exact) mass is 400 g/mol. The molecule has 1 heterocycles. The summed E-state index contributed by atoms with van der Waals surface area (Å²) in [5, 5.41) is 4.38. The standard InChI is InChI=1S/C20H21BrN2O2/c1-4-22-15-6-8-18-14(11-15)5-10-20(23-18)25-16-7-9-19(17(21)12-16)24-13(2)3/h5-13,22H,4H2,1-3H3. The Morgan fingerprint density at radius 2 is 1.92 bits per heavy atom. The molecule has 0 unspecified atom stereocenters. The van der Waals surface area contributed by atoms with Gasteiger partial charge < -0.3 is 14.8 Å². The van der Waals surface area contributed by atoms with Gasteiger partial charge in [0.25, 0.3) is 0 Å². The van der Waals surface area contributed by atoms with Gasteiger partial charge in [-0.3, -0.25) is 0 Å². The zero-order valence-corrected chi connectivity index (χ0v) is 16.1. The Hall–Kier alpha value is -2.27. The second-order valence-corrected chi connectivity index (χ2v) is 6.80. The molecule has 0 amide bonds. The van der Waals surface area contributed by atoms with Crippen LogP contribution in [0.4, 0.5) is 5.69 Å². The number of pyridine rings is 1. The minimum absolute atomic E-state index is 0.123. The lowest BCUT2D eigenvalue weighted by atomic mass is 10.2. The first-order chi connectivity index (χ1) is 12.0. The van der Waals surface area contributed by atoms with E-state index in [0.29, 0.717) is 11.6 Å². The summed E-state index contributed by atoms with van der Waals surface area (Å²) in [5.74, 6) is 2.07. The molecule has 5 heteroatoms. The third-order valence-electron chi connectivity index (χ3n) is 3.53. The average molecular weight is 401 g/mol. The molecule has 0 aliphatic rings. The molecule has 0 saturated carbocycles. The predicted octanol–water partition coefficient (Wildman–Crippen LogP) is 6.01. The van der Waals surface area contributed by atoms with Crippen molar-refractivity contribution in [1.82, 2.24) is 4.98 Å². The molecule has 3 aromatic rings. The highest BCUT2D eigenvalue weighted by Gasteiger charge is 2.07. The summed E-state index contributed by atoms with van der Waals surface area (Å²) in [6, 6.07) is 15.7. The van der Waals surface area contributed by atoms with Crippen LogP contribution in [0.25, 0.3) is 10.9 Å². The Balaban J connectivity index is 1.80. The van der Waals surface area contributed by atoms with E-state index < -0.39 is 0 Å². The summed E-state index contributed by atoms with van der Waals surface area (Å²) in [7, 11) is 0. The van der Waals surface area contributed by atoms with Gasteiger partial charge in [-0.15, -0.1) is 0 Å². The Labute approximate surface area is 156 Å². The number of rotatable bonds is 6. The number of nitrogens with one attached hydrogen (secondary N) is 1. The van der Waals surface area contributed by atoms with Crippen molar-refractivity contribution in [3.8, 4) is 17.4 Å². The predicted molar refractivity (Wildman–Crippen MR) is 106 cm³/mol. The minimum atomic E-state index is 0.123. The quantitative estimate of drug-likeness (QED) is 0.550. The highest BCUT2D eigenvalue weighted by atomic mass is 79.9. The van der Waals surface area contributed by atoms with E-state index in [1.807, 2.05) is 56.3 Å². The molecule has 1 N–H and O–H groups in total. The lowest BCUT2D eigenvalue weighted by Crippen LogP contribution is -2.05. The van der Waals surface area contributed by atoms with Crippen molar-refractivity contribution in [3.05, 3.63) is 53.0 Å². The van der Waals surface area contributed by atoms with Crippen LogP contribution in [-0.4, -0.2) is 17.6 Å². The summed E-state index contributed by atoms with van der Waals surface area (Å²) in [4.78, 5) is 4.58. The van der Waals surface area contributed by atoms with Crippen LogP contribution >= 0.6 is 15.9 Å². The summed E-state index contributed by atoms with van der Waals surface area (Å²) in [5.41, 5.74) is 1.99. The molecule has 3 rings (SSSR count). The van der Waals surface area contributed by atoms with Gasteiger partial charge in [-0.2, -0.15) is 0 Å². The molecule has 0 radical (unpaired) electrons. The van der Waals surface area contributed by atoms with Crippen molar-refractivity contribution in [3.63, 3.8) is 0 Å². The zero-order valence-electron chi connectivity index (χ0n) is 14.5. The minimum Gasteiger partial charge on any atom is -0.490 e. The van der Waals surface area contributed by atoms with Gasteiger partial charge in [0.05, 0.1) is 16.1 Å². The maximum Gasteiger partial charge on any atom is 0.219 e. The fraction of sp³-hybridized carbons (Fsp3) is 0.250. The van der Waals surface area contributed by atoms with Crippen LogP contribution in [-0.2, 0) is 0 Å². The third kappa shape index (κ3) is 4.42. The zero-order chi connectivity index (χ0) is 17.8. The molecule has 0 aliphatic heterocycles. The van der Waals surface area contributed by atoms with Gasteiger partial charge in [0.2, 0.25) is 5.88 Å². The van der Waals surface area contributed by atoms with Crippen LogP contribution in [0.1, 0.15) is 20.8 Å². The van der Waals surface area contributed by atoms with Crippen molar-refractivity contribution >= 4 is 32.5 Å². The molecule has 25 heavy (non-hydrogen) atoms. The number of aromatic nitrogens is 1. The molecule has 130 valence electrons. The Bertz CT molecular complexity index is 881. The first kappa shape index (κ1) is 17.5. The molecule has 0 saturated heterocycles. The second-order valence-electron chi connectivity index (χ2n) is 5.95. The highest BCUT2D eigenvalue weighted by Crippen LogP contribution is 2.32. The van der Waals surface area contributed by atoms with E-state index in [0.717, 1.165) is 33.4 Å². The molecule has 0 spiro atoms. The largest absolute Gasteiger partial charge is 0.490 e. The van der Waals surface area contributed by atoms with Crippen molar-refractivity contribution in [2.75, 3.05) is 11.9 Å². The molecular weight excluding hydrogens is 380 g/mol. The topological polar surface area (TPSA) is 43.4 Å². The number of benzene rings is 2. The van der Waals surface area contributed by atoms with Crippen LogP contribution in [0.2, 0.25) is 0 Å². The molecule has 0 aliphatic carbocycles. The van der Waals surface area contributed by atoms with Crippen LogP contribution < -0.4 is 14.8 Å². The number of fused-ring (bicyclic) bond motifs is 1. The van der Waals surface area contributed by atoms with Gasteiger partial charge in [0.15, 0.2) is 0 Å². The van der Waals surface area contributed by atoms with E-state index in [2.05, 4.69) is 39.2 Å². The van der Waals surface area contributed by atoms with Crippen LogP contribution in [0.3, 0.4) is 0 Å². The van der Waals surface area contributed by atoms with Crippen molar-refractivity contribution in [2.45, 2.75) is 26.9 Å². The number of hydrogen-bond donors (Lipinski definition) is 1. The van der Waals surface area contributed by atoms with Crippen LogP contribution in [0.15, 0.2) is 53.0 Å². The molecule has 0 fully saturated rings. The van der Waals surface area contributed by atoms with E-state index in [9.17, 15) is 0 Å². The van der Waals surface area contributed by atoms with E-state index in [1.54, 1.807) is 0 Å². The summed E-state index contributed by atoms with van der Waals surface area (Å²) >= 11 is 3.52. The van der Waals surface area contributed by atoms with Gasteiger partial charge in [-0.25, -0.2) is 4.98 Å². The van der Waals surface area contributed by atoms with Crippen molar-refractivity contribution < 1.29 is 9.47 Å². The molecule has 0 atom stereocenters. The van der Waals surface area contributed by atoms with E-state index >= 15 is 0 Å². The fourth-order valence-electron chi connectivity index (χ4n) is 2.49. The number of halogens is 1. The molecule has 2 aromatic carbocycles. The number of nitrogens with zero attached hydrogens (tertiary/aromatic N) is 1. The van der Waals surface area contributed by atoms with E-state index in [-0.39, 0.29) is 6.10 Å².